The van der Waals surface area contributed by atoms with E-state index in [0.29, 0.717) is 6.04 Å². The molecule has 19 heavy (non-hydrogen) atoms. The van der Waals surface area contributed by atoms with Gasteiger partial charge in [0.15, 0.2) is 0 Å². The predicted octanol–water partition coefficient (Wildman–Crippen LogP) is 3.75. The third kappa shape index (κ3) is 6.88. The van der Waals surface area contributed by atoms with E-state index in [1.165, 1.54) is 30.6 Å². The van der Waals surface area contributed by atoms with Crippen LogP contribution in [-0.2, 0) is 6.42 Å². The number of methoxy groups -OCH3 is 1. The lowest BCUT2D eigenvalue weighted by molar-refractivity contribution is 0.405. The minimum absolute atomic E-state index is 0.497. The number of thioether (sulfide) groups is 1. The van der Waals surface area contributed by atoms with Crippen molar-refractivity contribution in [3.8, 4) is 5.75 Å². The third-order valence-electron chi connectivity index (χ3n) is 3.24. The van der Waals surface area contributed by atoms with Gasteiger partial charge in [-0.05, 0) is 56.4 Å². The molecule has 1 aromatic carbocycles. The molecule has 0 radical (unpaired) electrons. The molecule has 0 saturated carbocycles. The molecule has 1 aromatic rings. The molecule has 0 amide bonds. The Balaban J connectivity index is 2.21. The van der Waals surface area contributed by atoms with Gasteiger partial charge >= 0.3 is 0 Å². The van der Waals surface area contributed by atoms with Gasteiger partial charge in [0.05, 0.1) is 7.11 Å². The predicted molar refractivity (Wildman–Crippen MR) is 86.4 cm³/mol. The molecule has 0 aliphatic carbocycles. The summed E-state index contributed by atoms with van der Waals surface area (Å²) >= 11 is 1.94. The van der Waals surface area contributed by atoms with Crippen LogP contribution in [0.15, 0.2) is 24.3 Å². The number of para-hydroxylation sites is 1. The lowest BCUT2D eigenvalue weighted by Gasteiger charge is -2.15. The molecule has 0 fully saturated rings. The van der Waals surface area contributed by atoms with Crippen molar-refractivity contribution in [2.45, 2.75) is 38.6 Å². The van der Waals surface area contributed by atoms with E-state index in [-0.39, 0.29) is 0 Å². The van der Waals surface area contributed by atoms with Crippen molar-refractivity contribution in [3.63, 3.8) is 0 Å². The molecule has 0 aliphatic heterocycles. The first-order valence-corrected chi connectivity index (χ1v) is 8.51. The maximum atomic E-state index is 5.39. The van der Waals surface area contributed by atoms with Gasteiger partial charge in [0.2, 0.25) is 0 Å². The Labute approximate surface area is 122 Å². The van der Waals surface area contributed by atoms with Gasteiger partial charge in [-0.25, -0.2) is 0 Å². The lowest BCUT2D eigenvalue weighted by Crippen LogP contribution is -2.29. The molecule has 0 bridgehead atoms. The van der Waals surface area contributed by atoms with Gasteiger partial charge in [0.1, 0.15) is 5.75 Å². The standard InChI is InChI=1S/C16H27NOS/c1-14(17-11-7-4-8-12-19-3)13-15-9-5-6-10-16(15)18-2/h5-6,9-10,14,17H,4,7-8,11-13H2,1-3H3. The molecule has 0 heterocycles. The molecular weight excluding hydrogens is 254 g/mol. The number of hydrogen-bond donors (Lipinski definition) is 1. The minimum atomic E-state index is 0.497. The van der Waals surface area contributed by atoms with Gasteiger partial charge < -0.3 is 10.1 Å². The van der Waals surface area contributed by atoms with Gasteiger partial charge in [0.25, 0.3) is 0 Å². The first-order chi connectivity index (χ1) is 9.27. The van der Waals surface area contributed by atoms with E-state index in [2.05, 4.69) is 30.6 Å². The summed E-state index contributed by atoms with van der Waals surface area (Å²) in [6.45, 7) is 3.36. The molecule has 108 valence electrons. The van der Waals surface area contributed by atoms with E-state index in [1.54, 1.807) is 7.11 Å². The zero-order chi connectivity index (χ0) is 13.9. The Morgan fingerprint density at radius 3 is 2.74 bits per heavy atom. The molecule has 0 aliphatic rings. The highest BCUT2D eigenvalue weighted by Crippen LogP contribution is 2.18. The van der Waals surface area contributed by atoms with Gasteiger partial charge in [-0.15, -0.1) is 0 Å². The molecule has 2 nitrogen and oxygen atoms in total. The van der Waals surface area contributed by atoms with Crippen LogP contribution in [0.5, 0.6) is 5.75 Å². The Morgan fingerprint density at radius 1 is 1.21 bits per heavy atom. The first kappa shape index (κ1) is 16.4. The minimum Gasteiger partial charge on any atom is -0.496 e. The molecule has 1 N–H and O–H groups in total. The zero-order valence-electron chi connectivity index (χ0n) is 12.4. The maximum Gasteiger partial charge on any atom is 0.122 e. The van der Waals surface area contributed by atoms with Crippen LogP contribution in [0, 0.1) is 0 Å². The van der Waals surface area contributed by atoms with Crippen molar-refractivity contribution in [1.29, 1.82) is 0 Å². The zero-order valence-corrected chi connectivity index (χ0v) is 13.3. The summed E-state index contributed by atoms with van der Waals surface area (Å²) in [6.07, 6.45) is 7.14. The molecule has 0 saturated heterocycles. The third-order valence-corrected chi connectivity index (χ3v) is 3.93. The topological polar surface area (TPSA) is 21.3 Å². The highest BCUT2D eigenvalue weighted by atomic mass is 32.2. The van der Waals surface area contributed by atoms with E-state index in [1.807, 2.05) is 23.9 Å². The fourth-order valence-electron chi connectivity index (χ4n) is 2.17. The SMILES string of the molecule is COc1ccccc1CC(C)NCCCCCSC. The summed E-state index contributed by atoms with van der Waals surface area (Å²) in [5.41, 5.74) is 1.28. The monoisotopic (exact) mass is 281 g/mol. The Hall–Kier alpha value is -0.670. The summed E-state index contributed by atoms with van der Waals surface area (Å²) in [7, 11) is 1.74. The molecule has 1 rings (SSSR count). The molecule has 1 atom stereocenters. The second-order valence-electron chi connectivity index (χ2n) is 4.92. The van der Waals surface area contributed by atoms with Crippen molar-refractivity contribution in [3.05, 3.63) is 29.8 Å². The van der Waals surface area contributed by atoms with Crippen molar-refractivity contribution in [1.82, 2.24) is 5.32 Å². The molecule has 0 aromatic heterocycles. The van der Waals surface area contributed by atoms with Crippen LogP contribution >= 0.6 is 11.8 Å². The normalized spacial score (nSPS) is 12.4. The fraction of sp³-hybridized carbons (Fsp3) is 0.625. The van der Waals surface area contributed by atoms with E-state index in [4.69, 9.17) is 4.74 Å². The smallest absolute Gasteiger partial charge is 0.122 e. The summed E-state index contributed by atoms with van der Waals surface area (Å²) in [5, 5.41) is 3.60. The van der Waals surface area contributed by atoms with Gasteiger partial charge in [0, 0.05) is 6.04 Å². The number of hydrogen-bond acceptors (Lipinski definition) is 3. The lowest BCUT2D eigenvalue weighted by atomic mass is 10.1. The number of benzene rings is 1. The number of ether oxygens (including phenoxy) is 1. The highest BCUT2D eigenvalue weighted by molar-refractivity contribution is 7.98. The van der Waals surface area contributed by atoms with Gasteiger partial charge in [-0.1, -0.05) is 24.6 Å². The van der Waals surface area contributed by atoms with Gasteiger partial charge in [-0.2, -0.15) is 11.8 Å². The number of nitrogens with one attached hydrogen (secondary N) is 1. The van der Waals surface area contributed by atoms with Crippen LogP contribution in [0.25, 0.3) is 0 Å². The summed E-state index contributed by atoms with van der Waals surface area (Å²) in [4.78, 5) is 0. The van der Waals surface area contributed by atoms with E-state index in [9.17, 15) is 0 Å². The first-order valence-electron chi connectivity index (χ1n) is 7.12. The van der Waals surface area contributed by atoms with E-state index in [0.717, 1.165) is 18.7 Å². The second kappa shape index (κ2) is 10.2. The largest absolute Gasteiger partial charge is 0.496 e. The number of rotatable bonds is 10. The second-order valence-corrected chi connectivity index (χ2v) is 5.91. The average Bonchev–Trinajstić information content (AvgIpc) is 2.43. The van der Waals surface area contributed by atoms with Crippen LogP contribution in [0.4, 0.5) is 0 Å². The molecule has 1 unspecified atom stereocenters. The molecule has 3 heteroatoms. The van der Waals surface area contributed by atoms with Crippen molar-refractivity contribution in [2.24, 2.45) is 0 Å². The Bertz CT molecular complexity index is 343. The van der Waals surface area contributed by atoms with Gasteiger partial charge in [-0.3, -0.25) is 0 Å². The maximum absolute atomic E-state index is 5.39. The highest BCUT2D eigenvalue weighted by Gasteiger charge is 2.06. The van der Waals surface area contributed by atoms with Crippen LogP contribution < -0.4 is 10.1 Å². The Kier molecular flexibility index (Phi) is 8.76. The van der Waals surface area contributed by atoms with Crippen LogP contribution in [0.2, 0.25) is 0 Å². The average molecular weight is 281 g/mol. The number of unbranched alkanes of at least 4 members (excludes halogenated alkanes) is 2. The Morgan fingerprint density at radius 2 is 2.00 bits per heavy atom. The van der Waals surface area contributed by atoms with Crippen LogP contribution in [0.3, 0.4) is 0 Å². The molecular formula is C16H27NOS. The molecule has 0 spiro atoms. The van der Waals surface area contributed by atoms with Crippen molar-refractivity contribution in [2.75, 3.05) is 25.7 Å². The van der Waals surface area contributed by atoms with E-state index < -0.39 is 0 Å². The van der Waals surface area contributed by atoms with Crippen molar-refractivity contribution >= 4 is 11.8 Å². The van der Waals surface area contributed by atoms with Crippen molar-refractivity contribution < 1.29 is 4.74 Å². The fourth-order valence-corrected chi connectivity index (χ4v) is 2.66. The van der Waals surface area contributed by atoms with Crippen LogP contribution in [-0.4, -0.2) is 31.7 Å². The summed E-state index contributed by atoms with van der Waals surface area (Å²) in [5.74, 6) is 2.28. The van der Waals surface area contributed by atoms with E-state index >= 15 is 0 Å². The summed E-state index contributed by atoms with van der Waals surface area (Å²) in [6, 6.07) is 8.77. The summed E-state index contributed by atoms with van der Waals surface area (Å²) < 4.78 is 5.39. The van der Waals surface area contributed by atoms with Crippen LogP contribution in [0.1, 0.15) is 31.7 Å². The quantitative estimate of drug-likeness (QED) is 0.660.